The van der Waals surface area contributed by atoms with Crippen LogP contribution in [0.2, 0.25) is 0 Å². The van der Waals surface area contributed by atoms with E-state index >= 15 is 0 Å². The van der Waals surface area contributed by atoms with Crippen LogP contribution in [0.1, 0.15) is 40.6 Å². The van der Waals surface area contributed by atoms with E-state index in [2.05, 4.69) is 15.5 Å². The number of para-hydroxylation sites is 1. The number of carbonyl (C=O) groups is 2. The van der Waals surface area contributed by atoms with Crippen LogP contribution in [0, 0.1) is 0 Å². The molecule has 1 aliphatic carbocycles. The van der Waals surface area contributed by atoms with Gasteiger partial charge >= 0.3 is 5.97 Å². The highest BCUT2D eigenvalue weighted by atomic mass is 32.2. The fourth-order valence-corrected chi connectivity index (χ4v) is 5.88. The van der Waals surface area contributed by atoms with Crippen molar-refractivity contribution in [3.8, 4) is 17.1 Å². The van der Waals surface area contributed by atoms with Crippen molar-refractivity contribution in [2.75, 3.05) is 24.8 Å². The first kappa shape index (κ1) is 23.3. The Morgan fingerprint density at radius 3 is 2.79 bits per heavy atom. The number of fused-ring (bicyclic) bond motifs is 1. The number of amides is 1. The first-order valence-electron chi connectivity index (χ1n) is 10.8. The predicted molar refractivity (Wildman–Crippen MR) is 129 cm³/mol. The van der Waals surface area contributed by atoms with Gasteiger partial charge in [-0.1, -0.05) is 23.9 Å². The summed E-state index contributed by atoms with van der Waals surface area (Å²) in [5.41, 5.74) is 2.37. The van der Waals surface area contributed by atoms with Crippen LogP contribution in [-0.4, -0.2) is 46.1 Å². The van der Waals surface area contributed by atoms with Gasteiger partial charge < -0.3 is 19.4 Å². The molecule has 174 valence electrons. The summed E-state index contributed by atoms with van der Waals surface area (Å²) in [6, 6.07) is 7.67. The van der Waals surface area contributed by atoms with Gasteiger partial charge in [-0.25, -0.2) is 4.79 Å². The number of ether oxygens (including phenoxy) is 2. The first-order chi connectivity index (χ1) is 16.0. The van der Waals surface area contributed by atoms with Crippen molar-refractivity contribution in [3.05, 3.63) is 40.3 Å². The van der Waals surface area contributed by atoms with Gasteiger partial charge in [0.05, 0.1) is 30.6 Å². The first-order valence-corrected chi connectivity index (χ1v) is 12.6. The largest absolute Gasteiger partial charge is 0.493 e. The molecule has 2 aromatic heterocycles. The molecule has 0 radical (unpaired) electrons. The van der Waals surface area contributed by atoms with Crippen molar-refractivity contribution in [1.29, 1.82) is 0 Å². The number of thiophene rings is 1. The average Bonchev–Trinajstić information content (AvgIpc) is 3.37. The average molecular weight is 487 g/mol. The quantitative estimate of drug-likeness (QED) is 0.374. The summed E-state index contributed by atoms with van der Waals surface area (Å²) in [4.78, 5) is 26.3. The Kier molecular flexibility index (Phi) is 7.34. The fourth-order valence-electron chi connectivity index (χ4n) is 3.87. The van der Waals surface area contributed by atoms with E-state index in [0.29, 0.717) is 28.2 Å². The Morgan fingerprint density at radius 1 is 1.21 bits per heavy atom. The Morgan fingerprint density at radius 2 is 2.00 bits per heavy atom. The number of aryl methyl sites for hydroxylation is 1. The van der Waals surface area contributed by atoms with E-state index in [-0.39, 0.29) is 11.7 Å². The molecule has 33 heavy (non-hydrogen) atoms. The van der Waals surface area contributed by atoms with Crippen molar-refractivity contribution >= 4 is 40.0 Å². The number of benzene rings is 1. The molecule has 4 rings (SSSR count). The molecule has 1 aliphatic rings. The minimum Gasteiger partial charge on any atom is -0.493 e. The summed E-state index contributed by atoms with van der Waals surface area (Å²) >= 11 is 2.77. The number of hydrogen-bond acceptors (Lipinski definition) is 8. The van der Waals surface area contributed by atoms with Crippen LogP contribution in [0.5, 0.6) is 5.75 Å². The van der Waals surface area contributed by atoms with E-state index in [9.17, 15) is 9.59 Å². The van der Waals surface area contributed by atoms with Crippen LogP contribution in [0.4, 0.5) is 5.00 Å². The number of methoxy groups -OCH3 is 1. The van der Waals surface area contributed by atoms with Gasteiger partial charge in [0.15, 0.2) is 11.0 Å². The van der Waals surface area contributed by atoms with Crippen LogP contribution in [0.25, 0.3) is 11.4 Å². The maximum absolute atomic E-state index is 12.7. The number of thioether (sulfide) groups is 1. The van der Waals surface area contributed by atoms with Gasteiger partial charge in [-0.15, -0.1) is 21.5 Å². The summed E-state index contributed by atoms with van der Waals surface area (Å²) in [5, 5.41) is 12.7. The van der Waals surface area contributed by atoms with Gasteiger partial charge in [0.2, 0.25) is 5.91 Å². The topological polar surface area (TPSA) is 95.3 Å². The van der Waals surface area contributed by atoms with Gasteiger partial charge in [0, 0.05) is 11.9 Å². The summed E-state index contributed by atoms with van der Waals surface area (Å²) in [5.74, 6) is 0.941. The van der Waals surface area contributed by atoms with Gasteiger partial charge in [-0.05, 0) is 50.3 Å². The minimum atomic E-state index is -0.400. The summed E-state index contributed by atoms with van der Waals surface area (Å²) < 4.78 is 12.5. The molecule has 8 nitrogen and oxygen atoms in total. The van der Waals surface area contributed by atoms with Crippen molar-refractivity contribution in [3.63, 3.8) is 0 Å². The van der Waals surface area contributed by atoms with Crippen LogP contribution < -0.4 is 10.1 Å². The molecule has 2 heterocycles. The van der Waals surface area contributed by atoms with E-state index in [1.54, 1.807) is 0 Å². The maximum Gasteiger partial charge on any atom is 0.341 e. The van der Waals surface area contributed by atoms with Crippen molar-refractivity contribution in [2.24, 2.45) is 7.05 Å². The zero-order chi connectivity index (χ0) is 23.4. The van der Waals surface area contributed by atoms with Crippen molar-refractivity contribution in [1.82, 2.24) is 14.8 Å². The summed E-state index contributed by atoms with van der Waals surface area (Å²) in [6.07, 6.45) is 3.90. The van der Waals surface area contributed by atoms with E-state index in [1.807, 2.05) is 42.8 Å². The molecule has 10 heteroatoms. The zero-order valence-electron chi connectivity index (χ0n) is 18.8. The number of rotatable bonds is 8. The molecule has 1 aromatic carbocycles. The zero-order valence-corrected chi connectivity index (χ0v) is 20.5. The molecular formula is C23H26N4O4S2. The van der Waals surface area contributed by atoms with Crippen LogP contribution in [-0.2, 0) is 29.4 Å². The van der Waals surface area contributed by atoms with Crippen molar-refractivity contribution < 1.29 is 19.1 Å². The smallest absolute Gasteiger partial charge is 0.341 e. The van der Waals surface area contributed by atoms with E-state index in [4.69, 9.17) is 9.47 Å². The number of carbonyl (C=O) groups excluding carboxylic acids is 2. The normalized spacial score (nSPS) is 12.8. The van der Waals surface area contributed by atoms with Gasteiger partial charge in [-0.2, -0.15) is 0 Å². The lowest BCUT2D eigenvalue weighted by Crippen LogP contribution is -2.17. The molecule has 0 fully saturated rings. The SMILES string of the molecule is CCOc1ccccc1-c1nnc(SCC(=O)Nc2sc3c(c2C(=O)OC)CCCC3)n1C. The fraction of sp³-hybridized carbons (Fsp3) is 0.391. The minimum absolute atomic E-state index is 0.141. The van der Waals surface area contributed by atoms with Crippen LogP contribution in [0.15, 0.2) is 29.4 Å². The van der Waals surface area contributed by atoms with Crippen molar-refractivity contribution in [2.45, 2.75) is 37.8 Å². The molecule has 0 bridgehead atoms. The van der Waals surface area contributed by atoms with Crippen LogP contribution in [0.3, 0.4) is 0 Å². The molecule has 0 unspecified atom stereocenters. The Balaban J connectivity index is 1.47. The highest BCUT2D eigenvalue weighted by molar-refractivity contribution is 7.99. The van der Waals surface area contributed by atoms with Gasteiger partial charge in [-0.3, -0.25) is 4.79 Å². The number of esters is 1. The molecule has 0 saturated carbocycles. The number of hydrogen-bond donors (Lipinski definition) is 1. The molecule has 1 N–H and O–H groups in total. The second kappa shape index (κ2) is 10.4. The Hall–Kier alpha value is -2.85. The van der Waals surface area contributed by atoms with E-state index in [0.717, 1.165) is 47.4 Å². The van der Waals surface area contributed by atoms with Crippen LogP contribution >= 0.6 is 23.1 Å². The molecule has 0 atom stereocenters. The molecule has 0 aliphatic heterocycles. The molecule has 0 saturated heterocycles. The molecule has 0 spiro atoms. The maximum atomic E-state index is 12.7. The number of nitrogens with one attached hydrogen (secondary N) is 1. The third-order valence-electron chi connectivity index (χ3n) is 5.41. The molecule has 1 amide bonds. The standard InChI is InChI=1S/C23H26N4O4S2/c1-4-31-16-11-7-5-9-14(16)20-25-26-23(27(20)2)32-13-18(28)24-21-19(22(29)30-3)15-10-6-8-12-17(15)33-21/h5,7,9,11H,4,6,8,10,12-13H2,1-3H3,(H,24,28). The number of anilines is 1. The van der Waals surface area contributed by atoms with Gasteiger partial charge in [0.25, 0.3) is 0 Å². The lowest BCUT2D eigenvalue weighted by atomic mass is 9.95. The third-order valence-corrected chi connectivity index (χ3v) is 7.64. The van der Waals surface area contributed by atoms with E-state index < -0.39 is 5.97 Å². The lowest BCUT2D eigenvalue weighted by molar-refractivity contribution is -0.113. The summed E-state index contributed by atoms with van der Waals surface area (Å²) in [6.45, 7) is 2.49. The third kappa shape index (κ3) is 4.91. The highest BCUT2D eigenvalue weighted by Crippen LogP contribution is 2.38. The lowest BCUT2D eigenvalue weighted by Gasteiger charge is -2.11. The monoisotopic (exact) mass is 486 g/mol. The molecular weight excluding hydrogens is 460 g/mol. The number of nitrogens with zero attached hydrogens (tertiary/aromatic N) is 3. The second-order valence-electron chi connectivity index (χ2n) is 7.54. The summed E-state index contributed by atoms with van der Waals surface area (Å²) in [7, 11) is 3.23. The van der Waals surface area contributed by atoms with E-state index in [1.165, 1.54) is 30.2 Å². The molecule has 3 aromatic rings. The Bertz CT molecular complexity index is 1170. The Labute approximate surface area is 200 Å². The second-order valence-corrected chi connectivity index (χ2v) is 9.59. The number of aromatic nitrogens is 3. The predicted octanol–water partition coefficient (Wildman–Crippen LogP) is 4.34. The highest BCUT2D eigenvalue weighted by Gasteiger charge is 2.27. The van der Waals surface area contributed by atoms with Gasteiger partial charge in [0.1, 0.15) is 10.8 Å².